The van der Waals surface area contributed by atoms with Gasteiger partial charge in [0.25, 0.3) is 0 Å². The van der Waals surface area contributed by atoms with Crippen LogP contribution in [0.15, 0.2) is 0 Å². The van der Waals surface area contributed by atoms with E-state index in [9.17, 15) is 5.11 Å². The van der Waals surface area contributed by atoms with Crippen LogP contribution >= 0.6 is 36.6 Å². The molecular formula is C16H33Cl2NOS. The van der Waals surface area contributed by atoms with Crippen molar-refractivity contribution in [2.45, 2.75) is 88.0 Å². The molecule has 0 radical (unpaired) electrons. The van der Waals surface area contributed by atoms with Crippen molar-refractivity contribution in [3.63, 3.8) is 0 Å². The normalized spacial score (nSPS) is 23.7. The number of aliphatic hydroxyl groups excluding tert-OH is 1. The number of thioether (sulfide) groups is 1. The highest BCUT2D eigenvalue weighted by Gasteiger charge is 2.23. The Morgan fingerprint density at radius 1 is 0.905 bits per heavy atom. The van der Waals surface area contributed by atoms with E-state index in [2.05, 4.69) is 0 Å². The monoisotopic (exact) mass is 357 g/mol. The molecule has 2 aliphatic rings. The van der Waals surface area contributed by atoms with Crippen LogP contribution in [0.25, 0.3) is 0 Å². The Morgan fingerprint density at radius 2 is 1.43 bits per heavy atom. The highest BCUT2D eigenvalue weighted by Crippen LogP contribution is 2.30. The first kappa shape index (κ1) is 21.9. The van der Waals surface area contributed by atoms with Crippen LogP contribution in [0.5, 0.6) is 0 Å². The van der Waals surface area contributed by atoms with Gasteiger partial charge in [0, 0.05) is 17.0 Å². The lowest BCUT2D eigenvalue weighted by molar-refractivity contribution is 0.147. The molecule has 5 heteroatoms. The van der Waals surface area contributed by atoms with Crippen molar-refractivity contribution in [3.05, 3.63) is 0 Å². The Balaban J connectivity index is 0.00000200. The Bertz CT molecular complexity index is 246. The van der Waals surface area contributed by atoms with E-state index >= 15 is 0 Å². The zero-order valence-electron chi connectivity index (χ0n) is 13.0. The van der Waals surface area contributed by atoms with Crippen molar-refractivity contribution in [2.75, 3.05) is 5.75 Å². The Morgan fingerprint density at radius 3 is 2.00 bits per heavy atom. The van der Waals surface area contributed by atoms with Crippen LogP contribution in [0.1, 0.15) is 70.6 Å². The van der Waals surface area contributed by atoms with Crippen LogP contribution in [-0.2, 0) is 0 Å². The van der Waals surface area contributed by atoms with Crippen molar-refractivity contribution in [2.24, 2.45) is 11.7 Å². The third kappa shape index (κ3) is 8.31. The summed E-state index contributed by atoms with van der Waals surface area (Å²) in [6.07, 6.45) is 14.4. The van der Waals surface area contributed by atoms with Crippen molar-refractivity contribution < 1.29 is 5.11 Å². The molecule has 0 bridgehead atoms. The van der Waals surface area contributed by atoms with Crippen LogP contribution < -0.4 is 5.73 Å². The van der Waals surface area contributed by atoms with Crippen molar-refractivity contribution in [1.29, 1.82) is 0 Å². The van der Waals surface area contributed by atoms with E-state index in [1.165, 1.54) is 64.2 Å². The topological polar surface area (TPSA) is 46.2 Å². The second-order valence-corrected chi connectivity index (χ2v) is 7.90. The second kappa shape index (κ2) is 12.3. The molecule has 0 amide bonds. The first-order chi connectivity index (χ1) is 9.25. The van der Waals surface area contributed by atoms with Crippen LogP contribution in [-0.4, -0.2) is 28.3 Å². The standard InChI is InChI=1S/C16H31NOS.2ClH/c17-15(11-13-7-3-1-4-8-13)16(18)12-19-14-9-5-2-6-10-14;;/h13-16,18H,1-12,17H2;2*1H. The molecule has 2 atom stereocenters. The summed E-state index contributed by atoms with van der Waals surface area (Å²) in [4.78, 5) is 0. The Kier molecular flexibility index (Phi) is 12.8. The van der Waals surface area contributed by atoms with Gasteiger partial charge in [-0.3, -0.25) is 0 Å². The number of aliphatic hydroxyl groups is 1. The minimum Gasteiger partial charge on any atom is -0.391 e. The van der Waals surface area contributed by atoms with Gasteiger partial charge in [-0.05, 0) is 25.2 Å². The molecule has 0 heterocycles. The summed E-state index contributed by atoms with van der Waals surface area (Å²) in [5.74, 6) is 1.62. The van der Waals surface area contributed by atoms with Crippen LogP contribution in [0.4, 0.5) is 0 Å². The summed E-state index contributed by atoms with van der Waals surface area (Å²) in [5.41, 5.74) is 6.20. The molecule has 2 unspecified atom stereocenters. The lowest BCUT2D eigenvalue weighted by Gasteiger charge is -2.28. The maximum absolute atomic E-state index is 10.2. The second-order valence-electron chi connectivity index (χ2n) is 6.56. The summed E-state index contributed by atoms with van der Waals surface area (Å²) in [5, 5.41) is 11.0. The van der Waals surface area contributed by atoms with Crippen molar-refractivity contribution in [3.8, 4) is 0 Å². The van der Waals surface area contributed by atoms with E-state index < -0.39 is 0 Å². The average molecular weight is 358 g/mol. The van der Waals surface area contributed by atoms with E-state index in [0.717, 1.165) is 23.3 Å². The van der Waals surface area contributed by atoms with Gasteiger partial charge in [0.1, 0.15) is 0 Å². The summed E-state index contributed by atoms with van der Waals surface area (Å²) in [6.45, 7) is 0. The molecule has 0 saturated heterocycles. The van der Waals surface area contributed by atoms with Gasteiger partial charge in [0.15, 0.2) is 0 Å². The van der Waals surface area contributed by atoms with Gasteiger partial charge in [-0.25, -0.2) is 0 Å². The molecule has 0 spiro atoms. The molecule has 2 fully saturated rings. The first-order valence-corrected chi connectivity index (χ1v) is 9.36. The molecule has 0 aromatic heterocycles. The van der Waals surface area contributed by atoms with E-state index in [1.54, 1.807) is 0 Å². The van der Waals surface area contributed by atoms with Gasteiger partial charge in [0.05, 0.1) is 6.10 Å². The number of rotatable bonds is 6. The van der Waals surface area contributed by atoms with Gasteiger partial charge < -0.3 is 10.8 Å². The van der Waals surface area contributed by atoms with Crippen LogP contribution in [0.3, 0.4) is 0 Å². The predicted octanol–water partition coefficient (Wildman–Crippen LogP) is 4.55. The fourth-order valence-electron chi connectivity index (χ4n) is 3.55. The Labute approximate surface area is 147 Å². The fourth-order valence-corrected chi connectivity index (χ4v) is 4.94. The van der Waals surface area contributed by atoms with E-state index in [-0.39, 0.29) is 37.0 Å². The maximum Gasteiger partial charge on any atom is 0.0781 e. The van der Waals surface area contributed by atoms with Gasteiger partial charge in [0.2, 0.25) is 0 Å². The van der Waals surface area contributed by atoms with Crippen LogP contribution in [0.2, 0.25) is 0 Å². The summed E-state index contributed by atoms with van der Waals surface area (Å²) in [7, 11) is 0. The zero-order chi connectivity index (χ0) is 13.5. The fraction of sp³-hybridized carbons (Fsp3) is 1.00. The number of hydrogen-bond donors (Lipinski definition) is 2. The Hall–Kier alpha value is 0.850. The highest BCUT2D eigenvalue weighted by molar-refractivity contribution is 7.99. The minimum absolute atomic E-state index is 0. The van der Waals surface area contributed by atoms with Crippen molar-refractivity contribution >= 4 is 36.6 Å². The molecular weight excluding hydrogens is 325 g/mol. The van der Waals surface area contributed by atoms with Gasteiger partial charge in [-0.15, -0.1) is 24.8 Å². The van der Waals surface area contributed by atoms with Gasteiger partial charge >= 0.3 is 0 Å². The van der Waals surface area contributed by atoms with Crippen LogP contribution in [0, 0.1) is 5.92 Å². The zero-order valence-corrected chi connectivity index (χ0v) is 15.5. The molecule has 0 aromatic carbocycles. The number of nitrogens with two attached hydrogens (primary N) is 1. The molecule has 0 aromatic rings. The van der Waals surface area contributed by atoms with Gasteiger partial charge in [-0.2, -0.15) is 11.8 Å². The minimum atomic E-state index is -0.297. The first-order valence-electron chi connectivity index (χ1n) is 8.31. The van der Waals surface area contributed by atoms with E-state index in [1.807, 2.05) is 11.8 Å². The molecule has 0 aliphatic heterocycles. The smallest absolute Gasteiger partial charge is 0.0781 e. The van der Waals surface area contributed by atoms with Crippen molar-refractivity contribution in [1.82, 2.24) is 0 Å². The third-order valence-electron chi connectivity index (χ3n) is 4.88. The molecule has 2 rings (SSSR count). The molecule has 3 N–H and O–H groups in total. The number of hydrogen-bond acceptors (Lipinski definition) is 3. The summed E-state index contributed by atoms with van der Waals surface area (Å²) in [6, 6.07) is -0.000749. The lowest BCUT2D eigenvalue weighted by Crippen LogP contribution is -2.38. The summed E-state index contributed by atoms with van der Waals surface area (Å²) >= 11 is 1.97. The SMILES string of the molecule is Cl.Cl.NC(CC1CCCCC1)C(O)CSC1CCCCC1. The quantitative estimate of drug-likeness (QED) is 0.732. The lowest BCUT2D eigenvalue weighted by atomic mass is 9.84. The number of halogens is 2. The van der Waals surface area contributed by atoms with Gasteiger partial charge in [-0.1, -0.05) is 51.4 Å². The van der Waals surface area contributed by atoms with E-state index in [4.69, 9.17) is 5.73 Å². The highest BCUT2D eigenvalue weighted by atomic mass is 35.5. The maximum atomic E-state index is 10.2. The average Bonchev–Trinajstić information content (AvgIpc) is 2.47. The molecule has 2 aliphatic carbocycles. The molecule has 2 saturated carbocycles. The molecule has 21 heavy (non-hydrogen) atoms. The largest absolute Gasteiger partial charge is 0.391 e. The molecule has 128 valence electrons. The predicted molar refractivity (Wildman–Crippen MR) is 99.0 cm³/mol. The third-order valence-corrected chi connectivity index (χ3v) is 6.36. The summed E-state index contributed by atoms with van der Waals surface area (Å²) < 4.78 is 0. The molecule has 2 nitrogen and oxygen atoms in total. The van der Waals surface area contributed by atoms with E-state index in [0.29, 0.717) is 0 Å².